The predicted molar refractivity (Wildman–Crippen MR) is 116 cm³/mol. The second kappa shape index (κ2) is 7.97. The maximum Gasteiger partial charge on any atom is 0.132 e. The Kier molecular flexibility index (Phi) is 5.82. The lowest BCUT2D eigenvalue weighted by Gasteiger charge is -2.47. The zero-order valence-electron chi connectivity index (χ0n) is 16.9. The first-order valence-corrected chi connectivity index (χ1v) is 10.1. The van der Waals surface area contributed by atoms with Crippen LogP contribution in [0.4, 0.5) is 10.1 Å². The van der Waals surface area contributed by atoms with Crippen molar-refractivity contribution in [3.8, 4) is 6.07 Å². The molecule has 0 amide bonds. The van der Waals surface area contributed by atoms with Gasteiger partial charge in [-0.25, -0.2) is 4.39 Å². The highest BCUT2D eigenvalue weighted by Gasteiger charge is 2.36. The van der Waals surface area contributed by atoms with Gasteiger partial charge < -0.3 is 4.90 Å². The van der Waals surface area contributed by atoms with E-state index in [0.29, 0.717) is 22.1 Å². The molecule has 0 N–H and O–H groups in total. The number of nitriles is 1. The molecule has 0 fully saturated rings. The summed E-state index contributed by atoms with van der Waals surface area (Å²) in [5.74, 6) is 0.0263. The van der Waals surface area contributed by atoms with Gasteiger partial charge in [-0.3, -0.25) is 0 Å². The highest BCUT2D eigenvalue weighted by Crippen LogP contribution is 2.44. The van der Waals surface area contributed by atoms with Crippen molar-refractivity contribution in [3.05, 3.63) is 63.9 Å². The minimum absolute atomic E-state index is 0.00660. The first-order valence-electron chi connectivity index (χ1n) is 9.75. The van der Waals surface area contributed by atoms with Crippen molar-refractivity contribution in [2.75, 3.05) is 11.4 Å². The van der Waals surface area contributed by atoms with E-state index in [1.54, 1.807) is 36.4 Å². The summed E-state index contributed by atoms with van der Waals surface area (Å²) in [6.45, 7) is 9.69. The Labute approximate surface area is 172 Å². The minimum atomic E-state index is -0.300. The zero-order chi connectivity index (χ0) is 20.5. The second-order valence-electron chi connectivity index (χ2n) is 8.18. The number of rotatable bonds is 4. The van der Waals surface area contributed by atoms with Crippen molar-refractivity contribution >= 4 is 28.9 Å². The van der Waals surface area contributed by atoms with Gasteiger partial charge in [-0.1, -0.05) is 37.6 Å². The molecule has 0 bridgehead atoms. The van der Waals surface area contributed by atoms with Crippen LogP contribution in [0.5, 0.6) is 0 Å². The molecule has 1 heterocycles. The van der Waals surface area contributed by atoms with Gasteiger partial charge in [0.1, 0.15) is 5.82 Å². The molecular formula is C24H26ClFN2. The van der Waals surface area contributed by atoms with E-state index in [1.807, 2.05) is 6.07 Å². The fourth-order valence-corrected chi connectivity index (χ4v) is 4.37. The normalized spacial score (nSPS) is 18.5. The third-order valence-corrected chi connectivity index (χ3v) is 5.78. The number of nitrogens with zero attached hydrogens (tertiary/aromatic N) is 2. The third-order valence-electron chi connectivity index (χ3n) is 5.53. The average Bonchev–Trinajstić information content (AvgIpc) is 2.64. The molecule has 2 nitrogen and oxygen atoms in total. The molecule has 4 heteroatoms. The van der Waals surface area contributed by atoms with Crippen molar-refractivity contribution in [2.45, 2.75) is 52.0 Å². The molecule has 0 saturated heterocycles. The minimum Gasteiger partial charge on any atom is -0.366 e. The number of hydrogen-bond acceptors (Lipinski definition) is 2. The Morgan fingerprint density at radius 3 is 2.61 bits per heavy atom. The topological polar surface area (TPSA) is 27.0 Å². The largest absolute Gasteiger partial charge is 0.366 e. The predicted octanol–water partition coefficient (Wildman–Crippen LogP) is 7.05. The summed E-state index contributed by atoms with van der Waals surface area (Å²) in [7, 11) is 0. The van der Waals surface area contributed by atoms with Crippen LogP contribution < -0.4 is 4.90 Å². The molecule has 0 saturated carbocycles. The van der Waals surface area contributed by atoms with E-state index >= 15 is 4.39 Å². The van der Waals surface area contributed by atoms with Gasteiger partial charge >= 0.3 is 0 Å². The molecule has 0 radical (unpaired) electrons. The molecule has 0 aromatic heterocycles. The van der Waals surface area contributed by atoms with Crippen molar-refractivity contribution in [2.24, 2.45) is 0 Å². The van der Waals surface area contributed by atoms with Crippen molar-refractivity contribution in [1.29, 1.82) is 5.26 Å². The molecular weight excluding hydrogens is 371 g/mol. The number of hydrogen-bond donors (Lipinski definition) is 0. The maximum absolute atomic E-state index is 15.0. The lowest BCUT2D eigenvalue weighted by Crippen LogP contribution is -2.48. The van der Waals surface area contributed by atoms with Gasteiger partial charge in [0.25, 0.3) is 0 Å². The number of anilines is 1. The molecule has 0 aliphatic carbocycles. The SMILES string of the molecule is CCCN1c2cc(F)c(/C=C(\C#N)c3ccc(Cl)cc3)cc2C(C)CC1(C)C. The van der Waals surface area contributed by atoms with E-state index in [-0.39, 0.29) is 11.4 Å². The third kappa shape index (κ3) is 3.93. The van der Waals surface area contributed by atoms with Crippen LogP contribution in [0, 0.1) is 17.1 Å². The van der Waals surface area contributed by atoms with Crippen molar-refractivity contribution < 1.29 is 4.39 Å². The van der Waals surface area contributed by atoms with E-state index in [4.69, 9.17) is 11.6 Å². The summed E-state index contributed by atoms with van der Waals surface area (Å²) < 4.78 is 15.0. The summed E-state index contributed by atoms with van der Waals surface area (Å²) in [6, 6.07) is 12.8. The van der Waals surface area contributed by atoms with Crippen LogP contribution >= 0.6 is 11.6 Å². The highest BCUT2D eigenvalue weighted by atomic mass is 35.5. The molecule has 2 aromatic rings. The van der Waals surface area contributed by atoms with Gasteiger partial charge in [0.2, 0.25) is 0 Å². The summed E-state index contributed by atoms with van der Waals surface area (Å²) in [5.41, 5.74) is 3.72. The van der Waals surface area contributed by atoms with Gasteiger partial charge in [-0.2, -0.15) is 5.26 Å². The summed E-state index contributed by atoms with van der Waals surface area (Å²) in [6.07, 6.45) is 3.65. The number of allylic oxidation sites excluding steroid dienone is 1. The number of fused-ring (bicyclic) bond motifs is 1. The van der Waals surface area contributed by atoms with Gasteiger partial charge in [-0.05, 0) is 74.1 Å². The van der Waals surface area contributed by atoms with Gasteiger partial charge in [0, 0.05) is 28.4 Å². The lowest BCUT2D eigenvalue weighted by molar-refractivity contribution is 0.375. The first kappa shape index (κ1) is 20.4. The lowest BCUT2D eigenvalue weighted by atomic mass is 9.79. The number of halogens is 2. The number of benzene rings is 2. The van der Waals surface area contributed by atoms with Crippen LogP contribution in [0.25, 0.3) is 11.6 Å². The van der Waals surface area contributed by atoms with Crippen LogP contribution in [0.3, 0.4) is 0 Å². The Morgan fingerprint density at radius 2 is 2.00 bits per heavy atom. The average molecular weight is 397 g/mol. The van der Waals surface area contributed by atoms with E-state index in [1.165, 1.54) is 0 Å². The monoisotopic (exact) mass is 396 g/mol. The first-order chi connectivity index (χ1) is 13.3. The fourth-order valence-electron chi connectivity index (χ4n) is 4.24. The van der Waals surface area contributed by atoms with E-state index in [0.717, 1.165) is 36.2 Å². The molecule has 2 aromatic carbocycles. The van der Waals surface area contributed by atoms with Crippen LogP contribution in [0.15, 0.2) is 36.4 Å². The van der Waals surface area contributed by atoms with Crippen molar-refractivity contribution in [1.82, 2.24) is 0 Å². The highest BCUT2D eigenvalue weighted by molar-refractivity contribution is 6.30. The fraction of sp³-hybridized carbons (Fsp3) is 0.375. The van der Waals surface area contributed by atoms with Crippen LogP contribution in [-0.2, 0) is 0 Å². The molecule has 1 aliphatic heterocycles. The van der Waals surface area contributed by atoms with Crippen LogP contribution in [0.1, 0.15) is 63.1 Å². The smallest absolute Gasteiger partial charge is 0.132 e. The molecule has 146 valence electrons. The molecule has 1 unspecified atom stereocenters. The zero-order valence-corrected chi connectivity index (χ0v) is 17.6. The quantitative estimate of drug-likeness (QED) is 0.409. The second-order valence-corrected chi connectivity index (χ2v) is 8.61. The van der Waals surface area contributed by atoms with E-state index < -0.39 is 0 Å². The van der Waals surface area contributed by atoms with Crippen molar-refractivity contribution in [3.63, 3.8) is 0 Å². The summed E-state index contributed by atoms with van der Waals surface area (Å²) in [4.78, 5) is 2.32. The molecule has 0 spiro atoms. The molecule has 1 atom stereocenters. The maximum atomic E-state index is 15.0. The summed E-state index contributed by atoms with van der Waals surface area (Å²) >= 11 is 5.94. The van der Waals surface area contributed by atoms with Gasteiger partial charge in [0.15, 0.2) is 0 Å². The molecule has 3 rings (SSSR count). The Bertz CT molecular complexity index is 938. The standard InChI is InChI=1S/C24H26ClFN2/c1-5-10-28-23-13-22(26)18(12-21(23)16(2)14-24(28,3)4)11-19(15-27)17-6-8-20(25)9-7-17/h6-9,11-13,16H,5,10,14H2,1-4H3/b19-11+. The summed E-state index contributed by atoms with van der Waals surface area (Å²) in [5, 5.41) is 10.2. The molecule has 28 heavy (non-hydrogen) atoms. The van der Waals surface area contributed by atoms with Crippen LogP contribution in [-0.4, -0.2) is 12.1 Å². The Morgan fingerprint density at radius 1 is 1.32 bits per heavy atom. The molecule has 1 aliphatic rings. The Balaban J connectivity index is 2.09. The van der Waals surface area contributed by atoms with E-state index in [9.17, 15) is 5.26 Å². The Hall–Kier alpha value is -2.31. The van der Waals surface area contributed by atoms with Gasteiger partial charge in [0.05, 0.1) is 11.6 Å². The van der Waals surface area contributed by atoms with E-state index in [2.05, 4.69) is 38.7 Å². The van der Waals surface area contributed by atoms with Gasteiger partial charge in [-0.15, -0.1) is 0 Å². The van der Waals surface area contributed by atoms with Crippen LogP contribution in [0.2, 0.25) is 5.02 Å².